The molecule has 30 heavy (non-hydrogen) atoms. The Balaban J connectivity index is 2.00. The first-order chi connectivity index (χ1) is 14.2. The molecule has 164 valence electrons. The largest absolute Gasteiger partial charge is 0.497 e. The minimum atomic E-state index is -3.70. The molecule has 0 radical (unpaired) electrons. The highest BCUT2D eigenvalue weighted by molar-refractivity contribution is 7.92. The molecule has 0 unspecified atom stereocenters. The number of benzene rings is 2. The highest BCUT2D eigenvalue weighted by Crippen LogP contribution is 2.29. The van der Waals surface area contributed by atoms with E-state index in [0.29, 0.717) is 23.8 Å². The molecule has 0 saturated carbocycles. The number of para-hydroxylation sites is 2. The Morgan fingerprint density at radius 1 is 1.07 bits per heavy atom. The molecule has 0 fully saturated rings. The Morgan fingerprint density at radius 2 is 1.70 bits per heavy atom. The van der Waals surface area contributed by atoms with Gasteiger partial charge in [0.1, 0.15) is 30.4 Å². The summed E-state index contributed by atoms with van der Waals surface area (Å²) in [6, 6.07) is 13.5. The van der Waals surface area contributed by atoms with E-state index in [9.17, 15) is 13.2 Å². The van der Waals surface area contributed by atoms with Gasteiger partial charge in [-0.25, -0.2) is 8.42 Å². The molecule has 0 spiro atoms. The van der Waals surface area contributed by atoms with Gasteiger partial charge in [0.25, 0.3) is 0 Å². The molecule has 0 bridgehead atoms. The van der Waals surface area contributed by atoms with Gasteiger partial charge >= 0.3 is 0 Å². The first-order valence-electron chi connectivity index (χ1n) is 9.50. The van der Waals surface area contributed by atoms with Crippen LogP contribution in [0, 0.1) is 0 Å². The second-order valence-corrected chi connectivity index (χ2v) is 8.53. The lowest BCUT2D eigenvalue weighted by Crippen LogP contribution is -2.45. The third-order valence-corrected chi connectivity index (χ3v) is 5.21. The first-order valence-corrected chi connectivity index (χ1v) is 11.3. The first kappa shape index (κ1) is 23.3. The summed E-state index contributed by atoms with van der Waals surface area (Å²) in [4.78, 5) is 12.5. The zero-order chi connectivity index (χ0) is 22.1. The van der Waals surface area contributed by atoms with Crippen molar-refractivity contribution >= 4 is 21.6 Å². The lowest BCUT2D eigenvalue weighted by Gasteiger charge is -2.25. The molecule has 0 heterocycles. The predicted octanol–water partition coefficient (Wildman–Crippen LogP) is 2.44. The summed E-state index contributed by atoms with van der Waals surface area (Å²) in [6.45, 7) is 3.82. The number of anilines is 1. The molecule has 8 nitrogen and oxygen atoms in total. The van der Waals surface area contributed by atoms with E-state index in [2.05, 4.69) is 5.32 Å². The number of nitrogens with one attached hydrogen (secondary N) is 1. The summed E-state index contributed by atoms with van der Waals surface area (Å²) in [5.41, 5.74) is 0.319. The maximum absolute atomic E-state index is 12.5. The summed E-state index contributed by atoms with van der Waals surface area (Å²) in [6.07, 6.45) is 1.05. The van der Waals surface area contributed by atoms with Crippen molar-refractivity contribution in [2.75, 3.05) is 37.4 Å². The third-order valence-electron chi connectivity index (χ3n) is 4.09. The SMILES string of the molecule is CCOc1ccccc1N(CC(=O)N[C@@H](C)COc1ccc(OC)cc1)S(C)(=O)=O. The minimum absolute atomic E-state index is 0.229. The summed E-state index contributed by atoms with van der Waals surface area (Å²) < 4.78 is 42.0. The van der Waals surface area contributed by atoms with Gasteiger partial charge in [0, 0.05) is 0 Å². The van der Waals surface area contributed by atoms with Crippen molar-refractivity contribution in [3.05, 3.63) is 48.5 Å². The topological polar surface area (TPSA) is 94.2 Å². The Bertz CT molecular complexity index is 931. The smallest absolute Gasteiger partial charge is 0.241 e. The second kappa shape index (κ2) is 10.7. The number of methoxy groups -OCH3 is 1. The summed E-state index contributed by atoms with van der Waals surface area (Å²) in [5.74, 6) is 1.31. The Morgan fingerprint density at radius 3 is 2.30 bits per heavy atom. The number of carbonyl (C=O) groups is 1. The van der Waals surface area contributed by atoms with E-state index in [1.807, 2.05) is 0 Å². The van der Waals surface area contributed by atoms with Gasteiger partial charge in [-0.15, -0.1) is 0 Å². The molecule has 0 aliphatic rings. The standard InChI is InChI=1S/C21H28N2O6S/c1-5-28-20-9-7-6-8-19(20)23(30(4,25)26)14-21(24)22-16(2)15-29-18-12-10-17(27-3)11-13-18/h6-13,16H,5,14-15H2,1-4H3,(H,22,24)/t16-/m0/s1. The van der Waals surface area contributed by atoms with E-state index < -0.39 is 15.9 Å². The van der Waals surface area contributed by atoms with Crippen LogP contribution in [0.15, 0.2) is 48.5 Å². The number of ether oxygens (including phenoxy) is 3. The average Bonchev–Trinajstić information content (AvgIpc) is 2.71. The zero-order valence-electron chi connectivity index (χ0n) is 17.6. The molecule has 1 atom stereocenters. The highest BCUT2D eigenvalue weighted by atomic mass is 32.2. The molecule has 0 aliphatic heterocycles. The van der Waals surface area contributed by atoms with E-state index in [4.69, 9.17) is 14.2 Å². The summed E-state index contributed by atoms with van der Waals surface area (Å²) in [5, 5.41) is 2.76. The lowest BCUT2D eigenvalue weighted by atomic mass is 10.3. The molecule has 0 aliphatic carbocycles. The van der Waals surface area contributed by atoms with E-state index in [0.717, 1.165) is 16.3 Å². The molecule has 1 N–H and O–H groups in total. The van der Waals surface area contributed by atoms with Crippen molar-refractivity contribution in [1.29, 1.82) is 0 Å². The monoisotopic (exact) mass is 436 g/mol. The van der Waals surface area contributed by atoms with Gasteiger partial charge in [0.15, 0.2) is 0 Å². The molecule has 2 rings (SSSR count). The van der Waals surface area contributed by atoms with Gasteiger partial charge in [0.2, 0.25) is 15.9 Å². The number of carbonyl (C=O) groups excluding carboxylic acids is 1. The molecule has 0 aromatic heterocycles. The number of amides is 1. The van der Waals surface area contributed by atoms with Gasteiger partial charge in [-0.2, -0.15) is 0 Å². The van der Waals surface area contributed by atoms with Crippen LogP contribution in [-0.4, -0.2) is 53.5 Å². The lowest BCUT2D eigenvalue weighted by molar-refractivity contribution is -0.120. The molecule has 2 aromatic carbocycles. The van der Waals surface area contributed by atoms with Crippen molar-refractivity contribution in [1.82, 2.24) is 5.32 Å². The van der Waals surface area contributed by atoms with Crippen molar-refractivity contribution in [3.8, 4) is 17.2 Å². The van der Waals surface area contributed by atoms with Crippen LogP contribution in [0.25, 0.3) is 0 Å². The van der Waals surface area contributed by atoms with Crippen molar-refractivity contribution < 1.29 is 27.4 Å². The molecule has 9 heteroatoms. The van der Waals surface area contributed by atoms with Crippen LogP contribution in [0.1, 0.15) is 13.8 Å². The van der Waals surface area contributed by atoms with E-state index in [1.165, 1.54) is 0 Å². The van der Waals surface area contributed by atoms with Gasteiger partial charge in [0.05, 0.1) is 31.7 Å². The van der Waals surface area contributed by atoms with Crippen molar-refractivity contribution in [2.45, 2.75) is 19.9 Å². The number of nitrogens with zero attached hydrogens (tertiary/aromatic N) is 1. The van der Waals surface area contributed by atoms with Gasteiger partial charge < -0.3 is 19.5 Å². The van der Waals surface area contributed by atoms with Crippen LogP contribution < -0.4 is 23.8 Å². The van der Waals surface area contributed by atoms with Gasteiger partial charge in [-0.1, -0.05) is 12.1 Å². The van der Waals surface area contributed by atoms with Crippen molar-refractivity contribution in [2.24, 2.45) is 0 Å². The van der Waals surface area contributed by atoms with Crippen LogP contribution in [0.3, 0.4) is 0 Å². The Labute approximate surface area is 177 Å². The highest BCUT2D eigenvalue weighted by Gasteiger charge is 2.24. The van der Waals surface area contributed by atoms with E-state index >= 15 is 0 Å². The molecule has 1 amide bonds. The summed E-state index contributed by atoms with van der Waals surface area (Å²) >= 11 is 0. The summed E-state index contributed by atoms with van der Waals surface area (Å²) in [7, 11) is -2.12. The minimum Gasteiger partial charge on any atom is -0.497 e. The molecule has 2 aromatic rings. The number of sulfonamides is 1. The van der Waals surface area contributed by atoms with Crippen LogP contribution in [0.2, 0.25) is 0 Å². The van der Waals surface area contributed by atoms with Crippen LogP contribution in [-0.2, 0) is 14.8 Å². The van der Waals surface area contributed by atoms with Crippen LogP contribution >= 0.6 is 0 Å². The van der Waals surface area contributed by atoms with E-state index in [-0.39, 0.29) is 19.2 Å². The fraction of sp³-hybridized carbons (Fsp3) is 0.381. The molecular formula is C21H28N2O6S. The predicted molar refractivity (Wildman–Crippen MR) is 116 cm³/mol. The van der Waals surface area contributed by atoms with Gasteiger partial charge in [-0.05, 0) is 50.2 Å². The normalized spacial score (nSPS) is 12.0. The molecule has 0 saturated heterocycles. The maximum Gasteiger partial charge on any atom is 0.241 e. The quantitative estimate of drug-likeness (QED) is 0.582. The fourth-order valence-electron chi connectivity index (χ4n) is 2.71. The number of hydrogen-bond donors (Lipinski definition) is 1. The van der Waals surface area contributed by atoms with Gasteiger partial charge in [-0.3, -0.25) is 9.10 Å². The Hall–Kier alpha value is -2.94. The van der Waals surface area contributed by atoms with E-state index in [1.54, 1.807) is 69.5 Å². The van der Waals surface area contributed by atoms with Crippen molar-refractivity contribution in [3.63, 3.8) is 0 Å². The fourth-order valence-corrected chi connectivity index (χ4v) is 3.57. The van der Waals surface area contributed by atoms with Crippen LogP contribution in [0.5, 0.6) is 17.2 Å². The second-order valence-electron chi connectivity index (χ2n) is 6.63. The molecular weight excluding hydrogens is 408 g/mol. The van der Waals surface area contributed by atoms with Crippen LogP contribution in [0.4, 0.5) is 5.69 Å². The number of rotatable bonds is 11. The third kappa shape index (κ3) is 6.84. The number of hydrogen-bond acceptors (Lipinski definition) is 6. The Kier molecular flexibility index (Phi) is 8.35. The zero-order valence-corrected chi connectivity index (χ0v) is 18.4. The average molecular weight is 437 g/mol. The maximum atomic E-state index is 12.5.